The Balaban J connectivity index is 0.000000596. The van der Waals surface area contributed by atoms with E-state index >= 15 is 0 Å². The van der Waals surface area contributed by atoms with Crippen LogP contribution in [0.3, 0.4) is 0 Å². The minimum Gasteiger partial charge on any atom is -0.506 e. The number of aromatic nitrogens is 1. The molecule has 7 nitrogen and oxygen atoms in total. The number of nitrogens with one attached hydrogen (secondary N) is 1. The van der Waals surface area contributed by atoms with E-state index in [4.69, 9.17) is 26.2 Å². The van der Waals surface area contributed by atoms with Gasteiger partial charge in [0.25, 0.3) is 11.9 Å². The summed E-state index contributed by atoms with van der Waals surface area (Å²) in [6, 6.07) is 11.8. The van der Waals surface area contributed by atoms with Gasteiger partial charge in [-0.2, -0.15) is 0 Å². The number of amides is 1. The van der Waals surface area contributed by atoms with Crippen LogP contribution in [0.1, 0.15) is 17.3 Å². The van der Waals surface area contributed by atoms with Crippen molar-refractivity contribution in [2.24, 2.45) is 0 Å². The van der Waals surface area contributed by atoms with E-state index in [0.717, 1.165) is 6.92 Å². The third-order valence-corrected chi connectivity index (χ3v) is 3.63. The van der Waals surface area contributed by atoms with E-state index < -0.39 is 11.9 Å². The number of carbonyl (C=O) groups is 2. The molecule has 0 aliphatic heterocycles. The quantitative estimate of drug-likeness (QED) is 0.627. The van der Waals surface area contributed by atoms with Crippen LogP contribution in [-0.2, 0) is 4.79 Å². The van der Waals surface area contributed by atoms with Crippen molar-refractivity contribution in [3.63, 3.8) is 0 Å². The number of hydrogen-bond acceptors (Lipinski definition) is 5. The Kier molecular flexibility index (Phi) is 6.56. The predicted molar refractivity (Wildman–Crippen MR) is 103 cm³/mol. The number of anilines is 1. The van der Waals surface area contributed by atoms with Gasteiger partial charge in [0.1, 0.15) is 17.1 Å². The first-order valence-electron chi connectivity index (χ1n) is 7.74. The lowest BCUT2D eigenvalue weighted by Gasteiger charge is -2.09. The molecule has 0 fully saturated rings. The lowest BCUT2D eigenvalue weighted by atomic mass is 10.1. The molecule has 3 aromatic rings. The third-order valence-electron chi connectivity index (χ3n) is 3.39. The summed E-state index contributed by atoms with van der Waals surface area (Å²) in [5, 5.41) is 21.3. The number of pyridine rings is 1. The second-order valence-electron chi connectivity index (χ2n) is 5.38. The molecule has 27 heavy (non-hydrogen) atoms. The van der Waals surface area contributed by atoms with Crippen LogP contribution >= 0.6 is 11.6 Å². The van der Waals surface area contributed by atoms with E-state index in [0.29, 0.717) is 27.4 Å². The molecule has 1 heterocycles. The molecule has 1 amide bonds. The van der Waals surface area contributed by atoms with Gasteiger partial charge < -0.3 is 20.3 Å². The summed E-state index contributed by atoms with van der Waals surface area (Å²) in [5.41, 5.74) is 1.23. The smallest absolute Gasteiger partial charge is 0.300 e. The van der Waals surface area contributed by atoms with E-state index in [2.05, 4.69) is 10.3 Å². The SMILES string of the molecule is CC(=O)O.COc1ccc(NC(=O)c2cnc3ccc(Cl)cc3c2O)cc1. The lowest BCUT2D eigenvalue weighted by Crippen LogP contribution is -2.12. The normalized spacial score (nSPS) is 9.89. The minimum atomic E-state index is -0.833. The molecule has 0 unspecified atom stereocenters. The summed E-state index contributed by atoms with van der Waals surface area (Å²) in [5.74, 6) is -0.751. The lowest BCUT2D eigenvalue weighted by molar-refractivity contribution is -0.134. The maximum absolute atomic E-state index is 12.3. The van der Waals surface area contributed by atoms with Gasteiger partial charge in [-0.25, -0.2) is 0 Å². The molecule has 1 aromatic heterocycles. The Labute approximate surface area is 160 Å². The maximum Gasteiger partial charge on any atom is 0.300 e. The number of rotatable bonds is 3. The topological polar surface area (TPSA) is 109 Å². The number of hydrogen-bond donors (Lipinski definition) is 3. The number of aliphatic carboxylic acids is 1. The first kappa shape index (κ1) is 20.0. The van der Waals surface area contributed by atoms with E-state index in [1.165, 1.54) is 6.20 Å². The number of methoxy groups -OCH3 is 1. The van der Waals surface area contributed by atoms with Crippen molar-refractivity contribution in [3.8, 4) is 11.5 Å². The first-order chi connectivity index (χ1) is 12.8. The van der Waals surface area contributed by atoms with Gasteiger partial charge >= 0.3 is 0 Å². The molecule has 140 valence electrons. The number of halogens is 1. The number of benzene rings is 2. The fourth-order valence-corrected chi connectivity index (χ4v) is 2.36. The molecule has 3 N–H and O–H groups in total. The Bertz CT molecular complexity index is 970. The molecule has 0 aliphatic carbocycles. The van der Waals surface area contributed by atoms with Gasteiger partial charge in [-0.05, 0) is 42.5 Å². The Morgan fingerprint density at radius 1 is 1.15 bits per heavy atom. The van der Waals surface area contributed by atoms with Crippen molar-refractivity contribution in [2.75, 3.05) is 12.4 Å². The monoisotopic (exact) mass is 388 g/mol. The number of fused-ring (bicyclic) bond motifs is 1. The van der Waals surface area contributed by atoms with Crippen molar-refractivity contribution in [3.05, 3.63) is 59.2 Å². The molecule has 0 spiro atoms. The van der Waals surface area contributed by atoms with Crippen LogP contribution in [0.5, 0.6) is 11.5 Å². The van der Waals surface area contributed by atoms with Crippen LogP contribution < -0.4 is 10.1 Å². The van der Waals surface area contributed by atoms with Crippen LogP contribution in [-0.4, -0.2) is 34.2 Å². The van der Waals surface area contributed by atoms with E-state index in [1.54, 1.807) is 49.6 Å². The number of nitrogens with zero attached hydrogens (tertiary/aromatic N) is 1. The van der Waals surface area contributed by atoms with Crippen LogP contribution in [0.4, 0.5) is 5.69 Å². The summed E-state index contributed by atoms with van der Waals surface area (Å²) in [6.07, 6.45) is 1.34. The van der Waals surface area contributed by atoms with Crippen LogP contribution in [0, 0.1) is 0 Å². The summed E-state index contributed by atoms with van der Waals surface area (Å²) < 4.78 is 5.06. The number of aromatic hydroxyl groups is 1. The van der Waals surface area contributed by atoms with Gasteiger partial charge in [-0.1, -0.05) is 11.6 Å². The van der Waals surface area contributed by atoms with Crippen LogP contribution in [0.25, 0.3) is 10.9 Å². The number of ether oxygens (including phenoxy) is 1. The highest BCUT2D eigenvalue weighted by atomic mass is 35.5. The predicted octanol–water partition coefficient (Wildman–Crippen LogP) is 3.95. The summed E-state index contributed by atoms with van der Waals surface area (Å²) in [6.45, 7) is 1.08. The number of carboxylic acid groups (broad SMARTS) is 1. The van der Waals surface area contributed by atoms with Crippen molar-refractivity contribution in [1.29, 1.82) is 0 Å². The minimum absolute atomic E-state index is 0.0792. The van der Waals surface area contributed by atoms with Gasteiger partial charge in [0.2, 0.25) is 0 Å². The fraction of sp³-hybridized carbons (Fsp3) is 0.105. The van der Waals surface area contributed by atoms with Crippen molar-refractivity contribution < 1.29 is 24.5 Å². The Morgan fingerprint density at radius 2 is 1.78 bits per heavy atom. The second kappa shape index (κ2) is 8.86. The second-order valence-corrected chi connectivity index (χ2v) is 5.82. The fourth-order valence-electron chi connectivity index (χ4n) is 2.19. The molecule has 8 heteroatoms. The highest BCUT2D eigenvalue weighted by molar-refractivity contribution is 6.31. The van der Waals surface area contributed by atoms with Gasteiger partial charge in [0.15, 0.2) is 0 Å². The molecule has 3 rings (SSSR count). The summed E-state index contributed by atoms with van der Waals surface area (Å²) in [4.78, 5) is 25.5. The zero-order valence-electron chi connectivity index (χ0n) is 14.6. The average molecular weight is 389 g/mol. The molecular weight excluding hydrogens is 372 g/mol. The summed E-state index contributed by atoms with van der Waals surface area (Å²) >= 11 is 5.93. The van der Waals surface area contributed by atoms with E-state index in [1.807, 2.05) is 0 Å². The van der Waals surface area contributed by atoms with Gasteiger partial charge in [-0.15, -0.1) is 0 Å². The maximum atomic E-state index is 12.3. The molecule has 0 saturated carbocycles. The van der Waals surface area contributed by atoms with E-state index in [-0.39, 0.29) is 11.3 Å². The van der Waals surface area contributed by atoms with Crippen molar-refractivity contribution >= 4 is 40.1 Å². The Hall–Kier alpha value is -3.32. The number of carboxylic acids is 1. The Morgan fingerprint density at radius 3 is 2.37 bits per heavy atom. The van der Waals surface area contributed by atoms with Gasteiger partial charge in [-0.3, -0.25) is 14.6 Å². The highest BCUT2D eigenvalue weighted by Crippen LogP contribution is 2.29. The molecule has 0 atom stereocenters. The molecule has 0 aliphatic rings. The number of carbonyl (C=O) groups excluding carboxylic acids is 1. The highest BCUT2D eigenvalue weighted by Gasteiger charge is 2.15. The molecular formula is C19H17ClN2O5. The zero-order chi connectivity index (χ0) is 20.0. The van der Waals surface area contributed by atoms with Gasteiger partial charge in [0.05, 0.1) is 12.6 Å². The zero-order valence-corrected chi connectivity index (χ0v) is 15.3. The van der Waals surface area contributed by atoms with E-state index in [9.17, 15) is 9.90 Å². The van der Waals surface area contributed by atoms with Crippen molar-refractivity contribution in [1.82, 2.24) is 4.98 Å². The van der Waals surface area contributed by atoms with Gasteiger partial charge in [0, 0.05) is 29.2 Å². The first-order valence-corrected chi connectivity index (χ1v) is 8.11. The molecule has 0 bridgehead atoms. The third kappa shape index (κ3) is 5.32. The standard InChI is InChI=1S/C17H13ClN2O3.C2H4O2/c1-23-12-5-3-11(4-6-12)20-17(22)14-9-19-15-7-2-10(18)8-13(15)16(14)21;1-2(3)4/h2-9H,1H3,(H,19,21)(H,20,22);1H3,(H,3,4). The average Bonchev–Trinajstić information content (AvgIpc) is 2.62. The molecule has 2 aromatic carbocycles. The molecule has 0 saturated heterocycles. The largest absolute Gasteiger partial charge is 0.506 e. The summed E-state index contributed by atoms with van der Waals surface area (Å²) in [7, 11) is 1.57. The van der Waals surface area contributed by atoms with Crippen LogP contribution in [0.15, 0.2) is 48.7 Å². The van der Waals surface area contributed by atoms with Crippen LogP contribution in [0.2, 0.25) is 5.02 Å². The van der Waals surface area contributed by atoms with Crippen molar-refractivity contribution in [2.45, 2.75) is 6.92 Å². The molecule has 0 radical (unpaired) electrons.